The summed E-state index contributed by atoms with van der Waals surface area (Å²) in [4.78, 5) is 0. The second kappa shape index (κ2) is 6.73. The molecule has 106 valence electrons. The fraction of sp³-hybridized carbons (Fsp3) is 0.571. The Balaban J connectivity index is 1.88. The Bertz CT molecular complexity index is 489. The molecule has 1 saturated carbocycles. The molecule has 0 aromatic heterocycles. The van der Waals surface area contributed by atoms with Gasteiger partial charge in [-0.3, -0.25) is 0 Å². The number of alkyl halides is 1. The van der Waals surface area contributed by atoms with Crippen LogP contribution in [0.1, 0.15) is 31.2 Å². The Kier molecular flexibility index (Phi) is 5.25. The van der Waals surface area contributed by atoms with Crippen LogP contribution < -0.4 is 4.72 Å². The minimum atomic E-state index is -3.25. The normalized spacial score (nSPS) is 24.3. The lowest BCUT2D eigenvalue weighted by atomic mass is 9.96. The van der Waals surface area contributed by atoms with E-state index in [2.05, 4.69) is 4.72 Å². The van der Waals surface area contributed by atoms with Crippen LogP contribution in [0.15, 0.2) is 30.3 Å². The van der Waals surface area contributed by atoms with E-state index in [4.69, 9.17) is 11.6 Å². The molecule has 0 amide bonds. The van der Waals surface area contributed by atoms with Crippen molar-refractivity contribution >= 4 is 21.6 Å². The molecule has 5 heteroatoms. The number of nitrogens with one attached hydrogen (secondary N) is 1. The van der Waals surface area contributed by atoms with Crippen LogP contribution in [0.5, 0.6) is 0 Å². The maximum absolute atomic E-state index is 12.0. The summed E-state index contributed by atoms with van der Waals surface area (Å²) in [6.07, 6.45) is 4.42. The van der Waals surface area contributed by atoms with Crippen LogP contribution in [0, 0.1) is 0 Å². The Morgan fingerprint density at radius 1 is 1.16 bits per heavy atom. The highest BCUT2D eigenvalue weighted by atomic mass is 35.5. The molecule has 3 nitrogen and oxygen atoms in total. The largest absolute Gasteiger partial charge is 0.212 e. The van der Waals surface area contributed by atoms with Gasteiger partial charge in [0.05, 0.1) is 5.75 Å². The van der Waals surface area contributed by atoms with Crippen molar-refractivity contribution in [3.05, 3.63) is 35.9 Å². The van der Waals surface area contributed by atoms with Crippen molar-refractivity contribution in [2.75, 3.05) is 5.75 Å². The number of benzene rings is 1. The third-order valence-corrected chi connectivity index (χ3v) is 5.44. The number of rotatable bonds is 5. The number of aryl methyl sites for hydroxylation is 1. The maximum Gasteiger partial charge on any atom is 0.212 e. The maximum atomic E-state index is 12.0. The van der Waals surface area contributed by atoms with Gasteiger partial charge in [-0.15, -0.1) is 11.6 Å². The highest BCUT2D eigenvalue weighted by molar-refractivity contribution is 7.89. The zero-order valence-corrected chi connectivity index (χ0v) is 12.5. The van der Waals surface area contributed by atoms with Crippen molar-refractivity contribution < 1.29 is 8.42 Å². The van der Waals surface area contributed by atoms with Gasteiger partial charge in [0.25, 0.3) is 0 Å². The molecule has 0 heterocycles. The first kappa shape index (κ1) is 14.8. The molecule has 19 heavy (non-hydrogen) atoms. The summed E-state index contributed by atoms with van der Waals surface area (Å²) in [6, 6.07) is 9.56. The molecule has 0 aliphatic heterocycles. The molecule has 1 aliphatic rings. The van der Waals surface area contributed by atoms with Crippen molar-refractivity contribution in [1.82, 2.24) is 4.72 Å². The molecule has 2 atom stereocenters. The van der Waals surface area contributed by atoms with Crippen LogP contribution in [0.2, 0.25) is 0 Å². The van der Waals surface area contributed by atoms with Gasteiger partial charge in [-0.25, -0.2) is 13.1 Å². The van der Waals surface area contributed by atoms with E-state index in [0.717, 1.165) is 31.2 Å². The molecular weight excluding hydrogens is 282 g/mol. The van der Waals surface area contributed by atoms with E-state index in [1.165, 1.54) is 0 Å². The zero-order valence-electron chi connectivity index (χ0n) is 10.9. The second-order valence-corrected chi connectivity index (χ2v) is 7.51. The van der Waals surface area contributed by atoms with E-state index in [9.17, 15) is 8.42 Å². The van der Waals surface area contributed by atoms with Crippen molar-refractivity contribution in [2.45, 2.75) is 43.5 Å². The first-order valence-corrected chi connectivity index (χ1v) is 8.84. The van der Waals surface area contributed by atoms with E-state index in [-0.39, 0.29) is 17.2 Å². The highest BCUT2D eigenvalue weighted by Crippen LogP contribution is 2.23. The molecule has 0 spiro atoms. The SMILES string of the molecule is O=S(=O)(CCc1ccccc1)NC1CCCCC1Cl. The van der Waals surface area contributed by atoms with Gasteiger partial charge in [-0.1, -0.05) is 43.2 Å². The second-order valence-electron chi connectivity index (χ2n) is 5.08. The number of sulfonamides is 1. The van der Waals surface area contributed by atoms with Gasteiger partial charge in [0.2, 0.25) is 10.0 Å². The quantitative estimate of drug-likeness (QED) is 0.850. The van der Waals surface area contributed by atoms with E-state index >= 15 is 0 Å². The molecule has 1 aromatic rings. The van der Waals surface area contributed by atoms with Gasteiger partial charge in [-0.2, -0.15) is 0 Å². The molecule has 0 saturated heterocycles. The molecular formula is C14H20ClNO2S. The van der Waals surface area contributed by atoms with Crippen LogP contribution >= 0.6 is 11.6 Å². The molecule has 1 aliphatic carbocycles. The van der Waals surface area contributed by atoms with Crippen LogP contribution in [-0.4, -0.2) is 25.6 Å². The van der Waals surface area contributed by atoms with Crippen LogP contribution in [0.4, 0.5) is 0 Å². The average molecular weight is 302 g/mol. The smallest absolute Gasteiger partial charge is 0.212 e. The molecule has 1 N–H and O–H groups in total. The third-order valence-electron chi connectivity index (χ3n) is 3.51. The Labute approximate surface area is 120 Å². The number of halogens is 1. The lowest BCUT2D eigenvalue weighted by Gasteiger charge is -2.27. The highest BCUT2D eigenvalue weighted by Gasteiger charge is 2.26. The van der Waals surface area contributed by atoms with E-state index < -0.39 is 10.0 Å². The van der Waals surface area contributed by atoms with Crippen LogP contribution in [-0.2, 0) is 16.4 Å². The van der Waals surface area contributed by atoms with E-state index in [0.29, 0.717) is 6.42 Å². The minimum Gasteiger partial charge on any atom is -0.212 e. The Morgan fingerprint density at radius 2 is 1.84 bits per heavy atom. The summed E-state index contributed by atoms with van der Waals surface area (Å²) in [7, 11) is -3.25. The monoisotopic (exact) mass is 301 g/mol. The molecule has 0 radical (unpaired) electrons. The summed E-state index contributed by atoms with van der Waals surface area (Å²) in [5.41, 5.74) is 1.04. The fourth-order valence-electron chi connectivity index (χ4n) is 2.40. The van der Waals surface area contributed by atoms with Crippen molar-refractivity contribution in [2.24, 2.45) is 0 Å². The summed E-state index contributed by atoms with van der Waals surface area (Å²) in [6.45, 7) is 0. The Morgan fingerprint density at radius 3 is 2.53 bits per heavy atom. The van der Waals surface area contributed by atoms with Crippen molar-refractivity contribution in [3.63, 3.8) is 0 Å². The van der Waals surface area contributed by atoms with Gasteiger partial charge in [-0.05, 0) is 24.8 Å². The summed E-state index contributed by atoms with van der Waals surface area (Å²) in [5.74, 6) is 0.122. The molecule has 1 aromatic carbocycles. The van der Waals surface area contributed by atoms with Crippen LogP contribution in [0.25, 0.3) is 0 Å². The van der Waals surface area contributed by atoms with Gasteiger partial charge >= 0.3 is 0 Å². The van der Waals surface area contributed by atoms with Crippen molar-refractivity contribution in [3.8, 4) is 0 Å². The van der Waals surface area contributed by atoms with E-state index in [1.54, 1.807) is 0 Å². The Hall–Kier alpha value is -0.580. The summed E-state index contributed by atoms with van der Waals surface area (Å²) in [5, 5.41) is -0.0692. The molecule has 0 bridgehead atoms. The molecule has 2 rings (SSSR count). The summed E-state index contributed by atoms with van der Waals surface area (Å²) >= 11 is 6.18. The predicted molar refractivity (Wildman–Crippen MR) is 79.0 cm³/mol. The summed E-state index contributed by atoms with van der Waals surface area (Å²) < 4.78 is 26.9. The van der Waals surface area contributed by atoms with Crippen LogP contribution in [0.3, 0.4) is 0 Å². The standard InChI is InChI=1S/C14H20ClNO2S/c15-13-8-4-5-9-14(13)16-19(17,18)11-10-12-6-2-1-3-7-12/h1-3,6-7,13-14,16H,4-5,8-11H2. The molecule has 2 unspecified atom stereocenters. The third kappa shape index (κ3) is 4.79. The minimum absolute atomic E-state index is 0.0692. The predicted octanol–water partition coefficient (Wildman–Crippen LogP) is 2.70. The zero-order chi connectivity index (χ0) is 13.7. The van der Waals surface area contributed by atoms with Gasteiger partial charge < -0.3 is 0 Å². The molecule has 1 fully saturated rings. The lowest BCUT2D eigenvalue weighted by Crippen LogP contribution is -2.43. The van der Waals surface area contributed by atoms with Gasteiger partial charge in [0, 0.05) is 11.4 Å². The van der Waals surface area contributed by atoms with E-state index in [1.807, 2.05) is 30.3 Å². The fourth-order valence-corrected chi connectivity index (χ4v) is 4.19. The van der Waals surface area contributed by atoms with Crippen molar-refractivity contribution in [1.29, 1.82) is 0 Å². The first-order valence-electron chi connectivity index (χ1n) is 6.75. The first-order chi connectivity index (χ1) is 9.07. The number of hydrogen-bond donors (Lipinski definition) is 1. The lowest BCUT2D eigenvalue weighted by molar-refractivity contribution is 0.418. The van der Waals surface area contributed by atoms with Gasteiger partial charge in [0.1, 0.15) is 0 Å². The van der Waals surface area contributed by atoms with Gasteiger partial charge in [0.15, 0.2) is 0 Å². The number of hydrogen-bond acceptors (Lipinski definition) is 2. The topological polar surface area (TPSA) is 46.2 Å². The average Bonchev–Trinajstić information content (AvgIpc) is 2.40.